The summed E-state index contributed by atoms with van der Waals surface area (Å²) in [6.07, 6.45) is 11.2. The summed E-state index contributed by atoms with van der Waals surface area (Å²) in [4.78, 5) is 51.5. The van der Waals surface area contributed by atoms with Gasteiger partial charge in [0.25, 0.3) is 5.91 Å². The van der Waals surface area contributed by atoms with Crippen LogP contribution in [-0.2, 0) is 28.5 Å². The van der Waals surface area contributed by atoms with Gasteiger partial charge in [-0.3, -0.25) is 14.4 Å². The van der Waals surface area contributed by atoms with Crippen LogP contribution in [0.1, 0.15) is 82.0 Å². The van der Waals surface area contributed by atoms with Crippen LogP contribution < -0.4 is 11.1 Å². The lowest BCUT2D eigenvalue weighted by Crippen LogP contribution is -2.37. The number of hydrogen-bond acceptors (Lipinski definition) is 8. The van der Waals surface area contributed by atoms with Gasteiger partial charge in [-0.2, -0.15) is 8.78 Å². The van der Waals surface area contributed by atoms with Crippen LogP contribution in [0.15, 0.2) is 85.5 Å². The predicted octanol–water partition coefficient (Wildman–Crippen LogP) is 4.99. The van der Waals surface area contributed by atoms with Crippen LogP contribution in [0.5, 0.6) is 0 Å². The van der Waals surface area contributed by atoms with Crippen molar-refractivity contribution in [1.82, 2.24) is 25.3 Å². The highest BCUT2D eigenvalue weighted by Gasteiger charge is 2.40. The van der Waals surface area contributed by atoms with Gasteiger partial charge in [0.05, 0.1) is 24.2 Å². The second-order valence-electron chi connectivity index (χ2n) is 12.2. The van der Waals surface area contributed by atoms with Crippen molar-refractivity contribution in [2.75, 3.05) is 13.1 Å². The van der Waals surface area contributed by atoms with Gasteiger partial charge >= 0.3 is 6.43 Å². The summed E-state index contributed by atoms with van der Waals surface area (Å²) < 4.78 is 24.2. The third-order valence-electron chi connectivity index (χ3n) is 9.25. The molecule has 4 aromatic rings. The normalized spacial score (nSPS) is 15.7. The largest absolute Gasteiger partial charge is 0.344 e. The molecule has 0 spiro atoms. The van der Waals surface area contributed by atoms with Crippen LogP contribution in [0.4, 0.5) is 8.78 Å². The minimum absolute atomic E-state index is 0.00331. The number of carbonyl (C=O) groups is 3. The SMILES string of the molecule is NCC(=O)c1cnc(CC2(c3ccccc3)CCC2)nc1.O=C(CNC(=O)C(F)F)c1cnc(CC2(c3ccccc3)CCC2)nc1. The van der Waals surface area contributed by atoms with Crippen LogP contribution in [0.3, 0.4) is 0 Å². The van der Waals surface area contributed by atoms with Gasteiger partial charge in [-0.05, 0) is 36.8 Å². The Bertz CT molecular complexity index is 1640. The number of hydrogen-bond donors (Lipinski definition) is 2. The van der Waals surface area contributed by atoms with Crippen molar-refractivity contribution in [3.8, 4) is 0 Å². The van der Waals surface area contributed by atoms with E-state index in [0.717, 1.165) is 31.5 Å². The Morgan fingerprint density at radius 1 is 0.681 bits per heavy atom. The first-order valence-electron chi connectivity index (χ1n) is 15.8. The summed E-state index contributed by atoms with van der Waals surface area (Å²) in [5, 5.41) is 1.88. The maximum absolute atomic E-state index is 12.1. The smallest absolute Gasteiger partial charge is 0.315 e. The molecule has 0 aliphatic heterocycles. The molecule has 0 unspecified atom stereocenters. The fraction of sp³-hybridized carbons (Fsp3) is 0.361. The van der Waals surface area contributed by atoms with E-state index in [1.807, 2.05) is 29.6 Å². The Hall–Kier alpha value is -4.77. The van der Waals surface area contributed by atoms with E-state index >= 15 is 0 Å². The van der Waals surface area contributed by atoms with Crippen molar-refractivity contribution in [3.05, 3.63) is 119 Å². The third-order valence-corrected chi connectivity index (χ3v) is 9.25. The highest BCUT2D eigenvalue weighted by Crippen LogP contribution is 2.46. The fourth-order valence-corrected chi connectivity index (χ4v) is 6.18. The Labute approximate surface area is 272 Å². The van der Waals surface area contributed by atoms with Gasteiger partial charge in [0.15, 0.2) is 11.6 Å². The molecular weight excluding hydrogens is 602 g/mol. The minimum atomic E-state index is -3.14. The van der Waals surface area contributed by atoms with Crippen LogP contribution >= 0.6 is 0 Å². The van der Waals surface area contributed by atoms with Crippen molar-refractivity contribution in [1.29, 1.82) is 0 Å². The monoisotopic (exact) mass is 640 g/mol. The maximum Gasteiger partial charge on any atom is 0.315 e. The van der Waals surface area contributed by atoms with Crippen molar-refractivity contribution >= 4 is 17.5 Å². The van der Waals surface area contributed by atoms with E-state index in [2.05, 4.69) is 56.3 Å². The lowest BCUT2D eigenvalue weighted by Gasteiger charge is -2.42. The molecule has 6 rings (SSSR count). The van der Waals surface area contributed by atoms with Gasteiger partial charge < -0.3 is 11.1 Å². The van der Waals surface area contributed by atoms with E-state index in [1.165, 1.54) is 42.8 Å². The molecule has 244 valence electrons. The molecule has 11 heteroatoms. The molecule has 2 heterocycles. The number of benzene rings is 2. The number of amides is 1. The lowest BCUT2D eigenvalue weighted by atomic mass is 9.62. The Kier molecular flexibility index (Phi) is 10.9. The quantitative estimate of drug-likeness (QED) is 0.207. The number of aromatic nitrogens is 4. The van der Waals surface area contributed by atoms with E-state index in [-0.39, 0.29) is 28.7 Å². The number of halogens is 2. The summed E-state index contributed by atoms with van der Waals surface area (Å²) in [6, 6.07) is 20.8. The second kappa shape index (κ2) is 15.2. The van der Waals surface area contributed by atoms with Gasteiger partial charge in [-0.1, -0.05) is 73.5 Å². The van der Waals surface area contributed by atoms with E-state index in [9.17, 15) is 23.2 Å². The summed E-state index contributed by atoms with van der Waals surface area (Å²) in [7, 11) is 0. The van der Waals surface area contributed by atoms with Crippen molar-refractivity contribution in [2.45, 2.75) is 68.6 Å². The molecular formula is C36H38F2N6O3. The van der Waals surface area contributed by atoms with Gasteiger partial charge in [0, 0.05) is 48.5 Å². The molecule has 0 radical (unpaired) electrons. The fourth-order valence-electron chi connectivity index (χ4n) is 6.18. The molecule has 3 N–H and O–H groups in total. The summed E-state index contributed by atoms with van der Waals surface area (Å²) in [5.41, 5.74) is 8.86. The van der Waals surface area contributed by atoms with Gasteiger partial charge in [0.1, 0.15) is 11.6 Å². The first-order chi connectivity index (χ1) is 22.7. The van der Waals surface area contributed by atoms with Crippen molar-refractivity contribution in [2.24, 2.45) is 5.73 Å². The van der Waals surface area contributed by atoms with Crippen molar-refractivity contribution in [3.63, 3.8) is 0 Å². The first-order valence-corrected chi connectivity index (χ1v) is 15.8. The van der Waals surface area contributed by atoms with Crippen LogP contribution in [0, 0.1) is 0 Å². The van der Waals surface area contributed by atoms with Gasteiger partial charge in [-0.15, -0.1) is 0 Å². The molecule has 2 saturated carbocycles. The molecule has 0 atom stereocenters. The van der Waals surface area contributed by atoms with Crippen LogP contribution in [-0.4, -0.2) is 56.9 Å². The molecule has 9 nitrogen and oxygen atoms in total. The number of rotatable bonds is 12. The molecule has 2 aliphatic carbocycles. The topological polar surface area (TPSA) is 141 Å². The minimum Gasteiger partial charge on any atom is -0.344 e. The summed E-state index contributed by atoms with van der Waals surface area (Å²) in [6.45, 7) is -0.503. The molecule has 1 amide bonds. The van der Waals surface area contributed by atoms with E-state index in [0.29, 0.717) is 17.8 Å². The van der Waals surface area contributed by atoms with Gasteiger partial charge in [-0.25, -0.2) is 19.9 Å². The van der Waals surface area contributed by atoms with Crippen molar-refractivity contribution < 1.29 is 23.2 Å². The summed E-state index contributed by atoms with van der Waals surface area (Å²) >= 11 is 0. The molecule has 2 aromatic carbocycles. The molecule has 0 bridgehead atoms. The lowest BCUT2D eigenvalue weighted by molar-refractivity contribution is -0.131. The number of carbonyl (C=O) groups excluding carboxylic acids is 3. The molecule has 47 heavy (non-hydrogen) atoms. The standard InChI is InChI=1S/C19H19F2N3O2.C17H19N3O/c20-17(21)18(26)24-12-15(25)13-10-22-16(23-11-13)9-19(7-4-8-19)14-5-2-1-3-6-14;18-10-15(21)13-11-19-16(20-12-13)9-17(7-4-8-17)14-5-2-1-3-6-14/h1-3,5-6,10-11,17H,4,7-9,12H2,(H,24,26);1-3,5-6,11-12H,4,7-10,18H2. The Morgan fingerprint density at radius 3 is 1.43 bits per heavy atom. The second-order valence-corrected chi connectivity index (χ2v) is 12.2. The molecule has 0 saturated heterocycles. The average molecular weight is 641 g/mol. The van der Waals surface area contributed by atoms with E-state index in [4.69, 9.17) is 5.73 Å². The zero-order valence-corrected chi connectivity index (χ0v) is 26.1. The third kappa shape index (κ3) is 8.15. The Morgan fingerprint density at radius 2 is 1.09 bits per heavy atom. The van der Waals surface area contributed by atoms with Gasteiger partial charge in [0.2, 0.25) is 0 Å². The predicted molar refractivity (Wildman–Crippen MR) is 172 cm³/mol. The number of alkyl halides is 2. The number of nitrogens with one attached hydrogen (secondary N) is 1. The first kappa shape index (κ1) is 33.6. The highest BCUT2D eigenvalue weighted by molar-refractivity contribution is 5.99. The average Bonchev–Trinajstić information content (AvgIpc) is 3.08. The Balaban J connectivity index is 0.000000189. The summed E-state index contributed by atoms with van der Waals surface area (Å²) in [5.74, 6) is -0.658. The molecule has 2 aliphatic rings. The number of ketones is 2. The van der Waals surface area contributed by atoms with E-state index < -0.39 is 24.7 Å². The molecule has 2 fully saturated rings. The van der Waals surface area contributed by atoms with Crippen LogP contribution in [0.2, 0.25) is 0 Å². The number of nitrogens with two attached hydrogens (primary N) is 1. The van der Waals surface area contributed by atoms with Crippen LogP contribution in [0.25, 0.3) is 0 Å². The zero-order valence-electron chi connectivity index (χ0n) is 26.1. The number of Topliss-reactive ketones (excluding diaryl/α,β-unsaturated/α-hetero) is 2. The number of nitrogens with zero attached hydrogens (tertiary/aromatic N) is 4. The zero-order chi connectivity index (χ0) is 33.3. The highest BCUT2D eigenvalue weighted by atomic mass is 19.3. The maximum atomic E-state index is 12.1. The molecule has 2 aromatic heterocycles. The van der Waals surface area contributed by atoms with E-state index in [1.54, 1.807) is 12.4 Å².